The quantitative estimate of drug-likeness (QED) is 0.782. The van der Waals surface area contributed by atoms with Gasteiger partial charge in [0, 0.05) is 0 Å². The van der Waals surface area contributed by atoms with Gasteiger partial charge in [0.25, 0.3) is 0 Å². The van der Waals surface area contributed by atoms with E-state index in [4.69, 9.17) is 5.26 Å². The van der Waals surface area contributed by atoms with Gasteiger partial charge in [-0.15, -0.1) is 0 Å². The van der Waals surface area contributed by atoms with E-state index in [-0.39, 0.29) is 23.7 Å². The van der Waals surface area contributed by atoms with Crippen molar-refractivity contribution in [2.24, 2.45) is 17.8 Å². The number of rotatable bonds is 2. The molecule has 2 fully saturated rings. The summed E-state index contributed by atoms with van der Waals surface area (Å²) in [7, 11) is 0. The number of aryl methyl sites for hydroxylation is 1. The molecule has 4 nitrogen and oxygen atoms in total. The highest BCUT2D eigenvalue weighted by atomic mass is 16.2. The summed E-state index contributed by atoms with van der Waals surface area (Å²) in [6.45, 7) is 4.34. The van der Waals surface area contributed by atoms with Crippen LogP contribution in [0.3, 0.4) is 0 Å². The van der Waals surface area contributed by atoms with Gasteiger partial charge >= 0.3 is 0 Å². The number of nitrogens with zero attached hydrogens (tertiary/aromatic N) is 2. The lowest BCUT2D eigenvalue weighted by Gasteiger charge is -2.18. The average Bonchev–Trinajstić information content (AvgIpc) is 2.94. The molecule has 108 valence electrons. The summed E-state index contributed by atoms with van der Waals surface area (Å²) in [6.07, 6.45) is 1.66. The van der Waals surface area contributed by atoms with E-state index in [0.717, 1.165) is 24.0 Å². The second-order valence-electron chi connectivity index (χ2n) is 6.31. The monoisotopic (exact) mass is 282 g/mol. The summed E-state index contributed by atoms with van der Waals surface area (Å²) < 4.78 is 0. The molecule has 1 saturated carbocycles. The number of nitriles is 1. The first kappa shape index (κ1) is 13.8. The highest BCUT2D eigenvalue weighted by Gasteiger charge is 2.51. The lowest BCUT2D eigenvalue weighted by molar-refractivity contribution is -0.141. The fourth-order valence-electron chi connectivity index (χ4n) is 3.62. The number of fused-ring (bicyclic) bond motifs is 1. The first-order valence-corrected chi connectivity index (χ1v) is 7.36. The zero-order chi connectivity index (χ0) is 15.1. The third-order valence-electron chi connectivity index (χ3n) is 4.76. The maximum Gasteiger partial charge on any atom is 0.233 e. The Bertz CT molecular complexity index is 635. The van der Waals surface area contributed by atoms with Crippen molar-refractivity contribution in [3.05, 3.63) is 34.9 Å². The van der Waals surface area contributed by atoms with E-state index in [1.807, 2.05) is 13.0 Å². The van der Waals surface area contributed by atoms with Gasteiger partial charge in [0.1, 0.15) is 0 Å². The molecule has 1 saturated heterocycles. The zero-order valence-corrected chi connectivity index (χ0v) is 12.3. The minimum Gasteiger partial charge on any atom is -0.278 e. The molecule has 0 N–H and O–H groups in total. The normalized spacial score (nSPS) is 27.9. The molecule has 1 aliphatic carbocycles. The summed E-state index contributed by atoms with van der Waals surface area (Å²) in [5.41, 5.74) is 2.48. The maximum atomic E-state index is 12.4. The van der Waals surface area contributed by atoms with E-state index in [1.54, 1.807) is 12.1 Å². The predicted molar refractivity (Wildman–Crippen MR) is 76.8 cm³/mol. The lowest BCUT2D eigenvalue weighted by atomic mass is 10.00. The van der Waals surface area contributed by atoms with Crippen LogP contribution in [-0.2, 0) is 16.1 Å². The number of hydrogen-bond acceptors (Lipinski definition) is 3. The maximum absolute atomic E-state index is 12.4. The molecule has 3 rings (SSSR count). The minimum absolute atomic E-state index is 0.0156. The summed E-state index contributed by atoms with van der Waals surface area (Å²) in [6, 6.07) is 7.46. The molecule has 4 heteroatoms. The molecule has 2 unspecified atom stereocenters. The van der Waals surface area contributed by atoms with Crippen LogP contribution in [-0.4, -0.2) is 16.7 Å². The highest BCUT2D eigenvalue weighted by Crippen LogP contribution is 2.43. The molecule has 0 aromatic heterocycles. The molecular weight excluding hydrogens is 264 g/mol. The molecule has 0 bridgehead atoms. The summed E-state index contributed by atoms with van der Waals surface area (Å²) in [5.74, 6) is 0.222. The number of imide groups is 1. The SMILES string of the molecule is Cc1cc(C#N)ccc1CN1C(=O)C2CC(C)CC2C1=O. The molecule has 1 aromatic rings. The third kappa shape index (κ3) is 2.23. The van der Waals surface area contributed by atoms with Crippen LogP contribution in [0, 0.1) is 36.0 Å². The molecule has 0 spiro atoms. The Morgan fingerprint density at radius 3 is 2.38 bits per heavy atom. The van der Waals surface area contributed by atoms with Crippen molar-refractivity contribution >= 4 is 11.8 Å². The van der Waals surface area contributed by atoms with Crippen LogP contribution >= 0.6 is 0 Å². The van der Waals surface area contributed by atoms with Gasteiger partial charge in [0.05, 0.1) is 30.0 Å². The van der Waals surface area contributed by atoms with Gasteiger partial charge in [-0.25, -0.2) is 0 Å². The summed E-state index contributed by atoms with van der Waals surface area (Å²) in [5, 5.41) is 8.89. The second-order valence-corrected chi connectivity index (χ2v) is 6.31. The number of carbonyl (C=O) groups is 2. The molecule has 2 amide bonds. The topological polar surface area (TPSA) is 61.2 Å². The van der Waals surface area contributed by atoms with Crippen molar-refractivity contribution in [1.82, 2.24) is 4.90 Å². The van der Waals surface area contributed by atoms with Crippen LogP contribution < -0.4 is 0 Å². The van der Waals surface area contributed by atoms with Crippen molar-refractivity contribution in [2.75, 3.05) is 0 Å². The zero-order valence-electron chi connectivity index (χ0n) is 12.3. The summed E-state index contributed by atoms with van der Waals surface area (Å²) in [4.78, 5) is 26.3. The standard InChI is InChI=1S/C17H18N2O2/c1-10-5-14-15(6-10)17(21)19(16(14)20)9-13-4-3-12(8-18)7-11(13)2/h3-4,7,10,14-15H,5-6,9H2,1-2H3. The second kappa shape index (κ2) is 5.00. The number of likely N-dealkylation sites (tertiary alicyclic amines) is 1. The number of carbonyl (C=O) groups excluding carboxylic acids is 2. The Morgan fingerprint density at radius 2 is 1.86 bits per heavy atom. The molecule has 2 atom stereocenters. The molecule has 1 heterocycles. The van der Waals surface area contributed by atoms with Crippen molar-refractivity contribution in [2.45, 2.75) is 33.2 Å². The van der Waals surface area contributed by atoms with Gasteiger partial charge in [0.15, 0.2) is 0 Å². The molecule has 1 aromatic carbocycles. The highest BCUT2D eigenvalue weighted by molar-refractivity contribution is 6.05. The number of hydrogen-bond donors (Lipinski definition) is 0. The molecule has 1 aliphatic heterocycles. The van der Waals surface area contributed by atoms with Crippen LogP contribution in [0.1, 0.15) is 36.5 Å². The van der Waals surface area contributed by atoms with Gasteiger partial charge in [-0.2, -0.15) is 5.26 Å². The van der Waals surface area contributed by atoms with Crippen molar-refractivity contribution in [1.29, 1.82) is 5.26 Å². The van der Waals surface area contributed by atoms with E-state index in [1.165, 1.54) is 4.90 Å². The van der Waals surface area contributed by atoms with Crippen LogP contribution in [0.15, 0.2) is 18.2 Å². The van der Waals surface area contributed by atoms with E-state index in [9.17, 15) is 9.59 Å². The first-order chi connectivity index (χ1) is 10.0. The predicted octanol–water partition coefficient (Wildman–Crippen LogP) is 2.40. The lowest BCUT2D eigenvalue weighted by Crippen LogP contribution is -2.31. The third-order valence-corrected chi connectivity index (χ3v) is 4.76. The van der Waals surface area contributed by atoms with Crippen LogP contribution in [0.5, 0.6) is 0 Å². The van der Waals surface area contributed by atoms with Crippen LogP contribution in [0.4, 0.5) is 0 Å². The van der Waals surface area contributed by atoms with Gasteiger partial charge in [0.2, 0.25) is 11.8 Å². The van der Waals surface area contributed by atoms with Gasteiger partial charge < -0.3 is 0 Å². The molecule has 2 aliphatic rings. The Hall–Kier alpha value is -2.15. The van der Waals surface area contributed by atoms with Gasteiger partial charge in [-0.1, -0.05) is 13.0 Å². The fourth-order valence-corrected chi connectivity index (χ4v) is 3.62. The van der Waals surface area contributed by atoms with Crippen molar-refractivity contribution in [3.63, 3.8) is 0 Å². The Morgan fingerprint density at radius 1 is 1.24 bits per heavy atom. The van der Waals surface area contributed by atoms with E-state index < -0.39 is 0 Å². The molecule has 21 heavy (non-hydrogen) atoms. The Kier molecular flexibility index (Phi) is 3.29. The number of benzene rings is 1. The minimum atomic E-state index is -0.105. The van der Waals surface area contributed by atoms with E-state index in [2.05, 4.69) is 13.0 Å². The van der Waals surface area contributed by atoms with Crippen molar-refractivity contribution in [3.8, 4) is 6.07 Å². The largest absolute Gasteiger partial charge is 0.278 e. The number of amides is 2. The summed E-state index contributed by atoms with van der Waals surface area (Å²) >= 11 is 0. The van der Waals surface area contributed by atoms with Crippen molar-refractivity contribution < 1.29 is 9.59 Å². The van der Waals surface area contributed by atoms with E-state index >= 15 is 0 Å². The fraction of sp³-hybridized carbons (Fsp3) is 0.471. The molecule has 0 radical (unpaired) electrons. The Balaban J connectivity index is 1.82. The average molecular weight is 282 g/mol. The van der Waals surface area contributed by atoms with Gasteiger partial charge in [-0.3, -0.25) is 14.5 Å². The van der Waals surface area contributed by atoms with Crippen LogP contribution in [0.2, 0.25) is 0 Å². The van der Waals surface area contributed by atoms with Crippen LogP contribution in [0.25, 0.3) is 0 Å². The van der Waals surface area contributed by atoms with E-state index in [0.29, 0.717) is 18.0 Å². The molecular formula is C17H18N2O2. The first-order valence-electron chi connectivity index (χ1n) is 7.36. The smallest absolute Gasteiger partial charge is 0.233 e. The van der Waals surface area contributed by atoms with Gasteiger partial charge in [-0.05, 0) is 48.9 Å². The Labute approximate surface area is 124 Å².